The van der Waals surface area contributed by atoms with E-state index in [0.29, 0.717) is 23.4 Å². The van der Waals surface area contributed by atoms with Gasteiger partial charge in [-0.1, -0.05) is 38.1 Å². The zero-order valence-electron chi connectivity index (χ0n) is 13.6. The van der Waals surface area contributed by atoms with Crippen molar-refractivity contribution in [2.75, 3.05) is 12.0 Å². The summed E-state index contributed by atoms with van der Waals surface area (Å²) >= 11 is 1.41. The van der Waals surface area contributed by atoms with Gasteiger partial charge in [0.15, 0.2) is 0 Å². The highest BCUT2D eigenvalue weighted by Crippen LogP contribution is 2.16. The zero-order valence-corrected chi connectivity index (χ0v) is 14.4. The van der Waals surface area contributed by atoms with Crippen LogP contribution in [-0.4, -0.2) is 23.8 Å². The number of carbonyl (C=O) groups is 1. The second kappa shape index (κ2) is 8.43. The fraction of sp³-hybridized carbons (Fsp3) is 0.353. The van der Waals surface area contributed by atoms with Crippen LogP contribution in [0.15, 0.2) is 34.7 Å². The Kier molecular flexibility index (Phi) is 6.29. The molecule has 0 amide bonds. The number of benzene rings is 1. The summed E-state index contributed by atoms with van der Waals surface area (Å²) in [5.74, 6) is 0.255. The molecular weight excluding hydrogens is 310 g/mol. The van der Waals surface area contributed by atoms with Gasteiger partial charge in [-0.3, -0.25) is 10.2 Å². The molecule has 2 aromatic rings. The van der Waals surface area contributed by atoms with Crippen molar-refractivity contribution in [3.63, 3.8) is 0 Å². The number of aromatic nitrogens is 1. The minimum atomic E-state index is -0.266. The van der Waals surface area contributed by atoms with Crippen molar-refractivity contribution in [1.29, 1.82) is 0 Å². The standard InChI is InChI=1S/C17H21N3O2S/c1-4-22-16(21)9-15-11-23-17(19-15)20-18-10-13-5-7-14(8-6-13)12(2)3/h5-8,10-12H,4,9H2,1-3H3,(H,19,20). The largest absolute Gasteiger partial charge is 0.466 e. The van der Waals surface area contributed by atoms with E-state index in [-0.39, 0.29) is 12.4 Å². The van der Waals surface area contributed by atoms with Gasteiger partial charge in [0, 0.05) is 5.38 Å². The molecule has 0 bridgehead atoms. The minimum absolute atomic E-state index is 0.187. The van der Waals surface area contributed by atoms with Crippen molar-refractivity contribution in [3.8, 4) is 0 Å². The number of ether oxygens (including phenoxy) is 1. The van der Waals surface area contributed by atoms with Gasteiger partial charge in [0.2, 0.25) is 5.13 Å². The number of hydrazone groups is 1. The Bertz CT molecular complexity index is 663. The molecule has 5 nitrogen and oxygen atoms in total. The van der Waals surface area contributed by atoms with E-state index in [1.54, 1.807) is 13.1 Å². The molecule has 0 unspecified atom stereocenters. The van der Waals surface area contributed by atoms with Gasteiger partial charge in [-0.05, 0) is 24.0 Å². The maximum atomic E-state index is 11.4. The minimum Gasteiger partial charge on any atom is -0.466 e. The first kappa shape index (κ1) is 17.1. The van der Waals surface area contributed by atoms with E-state index in [9.17, 15) is 4.79 Å². The van der Waals surface area contributed by atoms with Crippen molar-refractivity contribution in [2.45, 2.75) is 33.1 Å². The quantitative estimate of drug-likeness (QED) is 0.476. The average molecular weight is 331 g/mol. The summed E-state index contributed by atoms with van der Waals surface area (Å²) in [7, 11) is 0. The van der Waals surface area contributed by atoms with E-state index >= 15 is 0 Å². The maximum absolute atomic E-state index is 11.4. The van der Waals surface area contributed by atoms with Crippen LogP contribution >= 0.6 is 11.3 Å². The van der Waals surface area contributed by atoms with Gasteiger partial charge in [0.25, 0.3) is 0 Å². The van der Waals surface area contributed by atoms with Gasteiger partial charge < -0.3 is 4.74 Å². The Morgan fingerprint density at radius 1 is 1.39 bits per heavy atom. The molecule has 0 spiro atoms. The lowest BCUT2D eigenvalue weighted by atomic mass is 10.0. The second-order valence-electron chi connectivity index (χ2n) is 5.32. The molecule has 0 saturated heterocycles. The summed E-state index contributed by atoms with van der Waals surface area (Å²) in [5.41, 5.74) is 5.89. The summed E-state index contributed by atoms with van der Waals surface area (Å²) in [5, 5.41) is 6.65. The maximum Gasteiger partial charge on any atom is 0.311 e. The number of esters is 1. The number of hydrogen-bond acceptors (Lipinski definition) is 6. The number of rotatable bonds is 7. The number of carbonyl (C=O) groups excluding carboxylic acids is 1. The first-order valence-electron chi connectivity index (χ1n) is 7.57. The molecular formula is C17H21N3O2S. The third-order valence-electron chi connectivity index (χ3n) is 3.16. The van der Waals surface area contributed by atoms with Crippen LogP contribution in [0.4, 0.5) is 5.13 Å². The van der Waals surface area contributed by atoms with Crippen LogP contribution in [0.5, 0.6) is 0 Å². The summed E-state index contributed by atoms with van der Waals surface area (Å²) < 4.78 is 4.90. The summed E-state index contributed by atoms with van der Waals surface area (Å²) in [6.45, 7) is 6.50. The van der Waals surface area contributed by atoms with Crippen LogP contribution < -0.4 is 5.43 Å². The Balaban J connectivity index is 1.88. The van der Waals surface area contributed by atoms with E-state index in [1.165, 1.54) is 16.9 Å². The molecule has 6 heteroatoms. The number of hydrogen-bond donors (Lipinski definition) is 1. The average Bonchev–Trinajstić information content (AvgIpc) is 2.95. The van der Waals surface area contributed by atoms with E-state index in [1.807, 2.05) is 17.5 Å². The van der Waals surface area contributed by atoms with E-state index < -0.39 is 0 Å². The number of nitrogens with zero attached hydrogens (tertiary/aromatic N) is 2. The molecule has 1 aromatic carbocycles. The molecule has 1 N–H and O–H groups in total. The monoisotopic (exact) mass is 331 g/mol. The van der Waals surface area contributed by atoms with Crippen LogP contribution in [0, 0.1) is 0 Å². The number of anilines is 1. The van der Waals surface area contributed by atoms with Crippen molar-refractivity contribution >= 4 is 28.7 Å². The predicted molar refractivity (Wildman–Crippen MR) is 94.2 cm³/mol. The first-order valence-corrected chi connectivity index (χ1v) is 8.45. The third kappa shape index (κ3) is 5.49. The molecule has 23 heavy (non-hydrogen) atoms. The fourth-order valence-corrected chi connectivity index (χ4v) is 2.59. The first-order chi connectivity index (χ1) is 11.1. The van der Waals surface area contributed by atoms with Crippen LogP contribution in [0.1, 0.15) is 43.5 Å². The summed E-state index contributed by atoms with van der Waals surface area (Å²) in [6, 6.07) is 8.28. The topological polar surface area (TPSA) is 63.6 Å². The Hall–Kier alpha value is -2.21. The van der Waals surface area contributed by atoms with Crippen LogP contribution in [0.25, 0.3) is 0 Å². The highest BCUT2D eigenvalue weighted by Gasteiger charge is 2.07. The molecule has 2 rings (SSSR count). The number of thiazole rings is 1. The van der Waals surface area contributed by atoms with E-state index in [2.05, 4.69) is 41.5 Å². The predicted octanol–water partition coefficient (Wildman–Crippen LogP) is 3.82. The smallest absolute Gasteiger partial charge is 0.311 e. The Morgan fingerprint density at radius 3 is 2.78 bits per heavy atom. The molecule has 122 valence electrons. The molecule has 0 fully saturated rings. The second-order valence-corrected chi connectivity index (χ2v) is 6.18. The van der Waals surface area contributed by atoms with Gasteiger partial charge in [0.05, 0.1) is 24.9 Å². The third-order valence-corrected chi connectivity index (χ3v) is 3.96. The SMILES string of the molecule is CCOC(=O)Cc1csc(NN=Cc2ccc(C(C)C)cc2)n1. The van der Waals surface area contributed by atoms with Crippen molar-refractivity contribution < 1.29 is 9.53 Å². The van der Waals surface area contributed by atoms with Crippen LogP contribution in [-0.2, 0) is 16.0 Å². The molecule has 0 saturated carbocycles. The van der Waals surface area contributed by atoms with Gasteiger partial charge in [-0.15, -0.1) is 11.3 Å². The van der Waals surface area contributed by atoms with E-state index in [0.717, 1.165) is 5.56 Å². The van der Waals surface area contributed by atoms with Crippen molar-refractivity contribution in [1.82, 2.24) is 4.98 Å². The molecule has 0 radical (unpaired) electrons. The molecule has 0 atom stereocenters. The summed E-state index contributed by atoms with van der Waals surface area (Å²) in [4.78, 5) is 15.7. The van der Waals surface area contributed by atoms with Crippen LogP contribution in [0.3, 0.4) is 0 Å². The van der Waals surface area contributed by atoms with Crippen molar-refractivity contribution in [2.24, 2.45) is 5.10 Å². The lowest BCUT2D eigenvalue weighted by molar-refractivity contribution is -0.142. The van der Waals surface area contributed by atoms with Gasteiger partial charge >= 0.3 is 5.97 Å². The van der Waals surface area contributed by atoms with Crippen molar-refractivity contribution in [3.05, 3.63) is 46.5 Å². The highest BCUT2D eigenvalue weighted by atomic mass is 32.1. The molecule has 1 heterocycles. The molecule has 0 aliphatic rings. The number of nitrogens with one attached hydrogen (secondary N) is 1. The van der Waals surface area contributed by atoms with Crippen LogP contribution in [0.2, 0.25) is 0 Å². The molecule has 0 aliphatic heterocycles. The van der Waals surface area contributed by atoms with Gasteiger partial charge in [-0.25, -0.2) is 4.98 Å². The Labute approximate surface area is 140 Å². The lowest BCUT2D eigenvalue weighted by Crippen LogP contribution is -2.07. The van der Waals surface area contributed by atoms with Gasteiger partial charge in [-0.2, -0.15) is 5.10 Å². The zero-order chi connectivity index (χ0) is 16.7. The van der Waals surface area contributed by atoms with E-state index in [4.69, 9.17) is 4.74 Å². The van der Waals surface area contributed by atoms with Gasteiger partial charge in [0.1, 0.15) is 0 Å². The fourth-order valence-electron chi connectivity index (χ4n) is 1.93. The highest BCUT2D eigenvalue weighted by molar-refractivity contribution is 7.13. The molecule has 0 aliphatic carbocycles. The molecule has 1 aromatic heterocycles. The lowest BCUT2D eigenvalue weighted by Gasteiger charge is -2.04. The Morgan fingerprint density at radius 2 is 2.13 bits per heavy atom. The summed E-state index contributed by atoms with van der Waals surface area (Å²) in [6.07, 6.45) is 1.93. The normalized spacial score (nSPS) is 11.1.